The number of aryl methyl sites for hydroxylation is 1. The Labute approximate surface area is 243 Å². The number of ether oxygens (including phenoxy) is 1. The number of phenolic OH excluding ortho intramolecular Hbond substituents is 1. The largest absolute Gasteiger partial charge is 0.508 e. The van der Waals surface area contributed by atoms with E-state index in [1.807, 2.05) is 30.3 Å². The van der Waals surface area contributed by atoms with Crippen LogP contribution in [-0.2, 0) is 20.7 Å². The molecule has 4 unspecified atom stereocenters. The molecule has 4 atom stereocenters. The lowest BCUT2D eigenvalue weighted by molar-refractivity contribution is -0.143. The minimum atomic E-state index is -0.941. The van der Waals surface area contributed by atoms with Gasteiger partial charge in [0.2, 0.25) is 11.8 Å². The molecule has 0 radical (unpaired) electrons. The summed E-state index contributed by atoms with van der Waals surface area (Å²) < 4.78 is 5.53. The van der Waals surface area contributed by atoms with E-state index in [0.29, 0.717) is 11.1 Å². The van der Waals surface area contributed by atoms with Crippen molar-refractivity contribution in [2.45, 2.75) is 109 Å². The van der Waals surface area contributed by atoms with E-state index in [-0.39, 0.29) is 42.0 Å². The summed E-state index contributed by atoms with van der Waals surface area (Å²) in [6.45, 7) is 9.17. The minimum Gasteiger partial charge on any atom is -0.508 e. The fourth-order valence-corrected chi connectivity index (χ4v) is 5.67. The van der Waals surface area contributed by atoms with Crippen LogP contribution in [0, 0.1) is 12.8 Å². The summed E-state index contributed by atoms with van der Waals surface area (Å²) in [5.41, 5.74) is 1.41. The number of carbonyl (C=O) groups excluding carboxylic acids is 3. The van der Waals surface area contributed by atoms with E-state index in [2.05, 4.69) is 17.6 Å². The second-order valence-corrected chi connectivity index (χ2v) is 12.7. The summed E-state index contributed by atoms with van der Waals surface area (Å²) in [6.07, 6.45) is 5.45. The Morgan fingerprint density at radius 2 is 1.71 bits per heavy atom. The van der Waals surface area contributed by atoms with Gasteiger partial charge in [0.25, 0.3) is 0 Å². The molecular weight excluding hydrogens is 518 g/mol. The zero-order valence-electron chi connectivity index (χ0n) is 25.0. The van der Waals surface area contributed by atoms with Gasteiger partial charge in [0.05, 0.1) is 0 Å². The molecule has 2 aromatic carbocycles. The van der Waals surface area contributed by atoms with Crippen molar-refractivity contribution in [1.82, 2.24) is 15.5 Å². The summed E-state index contributed by atoms with van der Waals surface area (Å²) in [5, 5.41) is 16.3. The summed E-state index contributed by atoms with van der Waals surface area (Å²) >= 11 is 0. The van der Waals surface area contributed by atoms with Gasteiger partial charge in [-0.25, -0.2) is 4.79 Å². The lowest BCUT2D eigenvalue weighted by Crippen LogP contribution is -2.55. The van der Waals surface area contributed by atoms with E-state index in [1.54, 1.807) is 50.8 Å². The topological polar surface area (TPSA) is 108 Å². The molecule has 3 N–H and O–H groups in total. The summed E-state index contributed by atoms with van der Waals surface area (Å²) in [4.78, 5) is 43.3. The van der Waals surface area contributed by atoms with Gasteiger partial charge in [0.1, 0.15) is 23.4 Å². The molecule has 3 amide bonds. The highest BCUT2D eigenvalue weighted by Gasteiger charge is 2.48. The van der Waals surface area contributed by atoms with Gasteiger partial charge < -0.3 is 25.4 Å². The van der Waals surface area contributed by atoms with Gasteiger partial charge in [-0.2, -0.15) is 0 Å². The normalized spacial score (nSPS) is 20.4. The Kier molecular flexibility index (Phi) is 9.61. The molecule has 8 nitrogen and oxygen atoms in total. The van der Waals surface area contributed by atoms with Gasteiger partial charge in [-0.3, -0.25) is 9.59 Å². The van der Waals surface area contributed by atoms with Gasteiger partial charge in [-0.15, -0.1) is 0 Å². The third kappa shape index (κ3) is 8.24. The van der Waals surface area contributed by atoms with E-state index in [9.17, 15) is 19.5 Å². The third-order valence-corrected chi connectivity index (χ3v) is 7.97. The molecule has 2 fully saturated rings. The number of nitrogens with one attached hydrogen (secondary N) is 2. The molecule has 0 heterocycles. The molecule has 2 aliphatic rings. The fraction of sp³-hybridized carbons (Fsp3) is 0.545. The molecule has 2 aromatic rings. The molecule has 41 heavy (non-hydrogen) atoms. The van der Waals surface area contributed by atoms with Crippen molar-refractivity contribution in [1.29, 1.82) is 0 Å². The first kappa shape index (κ1) is 30.4. The Hall–Kier alpha value is -3.55. The highest BCUT2D eigenvalue weighted by molar-refractivity contribution is 5.93. The van der Waals surface area contributed by atoms with Crippen molar-refractivity contribution in [3.05, 3.63) is 65.2 Å². The molecule has 222 valence electrons. The Balaban J connectivity index is 1.72. The van der Waals surface area contributed by atoms with E-state index in [4.69, 9.17) is 4.74 Å². The fourth-order valence-electron chi connectivity index (χ4n) is 5.67. The number of aromatic hydroxyl groups is 1. The molecule has 0 saturated heterocycles. The second kappa shape index (κ2) is 13.0. The number of benzene rings is 2. The molecule has 2 aliphatic carbocycles. The van der Waals surface area contributed by atoms with Crippen LogP contribution in [0.5, 0.6) is 5.75 Å². The van der Waals surface area contributed by atoms with Crippen LogP contribution in [0.3, 0.4) is 0 Å². The Bertz CT molecular complexity index is 1220. The molecular formula is C33H45N3O5. The van der Waals surface area contributed by atoms with Crippen LogP contribution in [0.1, 0.15) is 89.0 Å². The lowest BCUT2D eigenvalue weighted by Gasteiger charge is -2.36. The average Bonchev–Trinajstić information content (AvgIpc) is 3.63. The van der Waals surface area contributed by atoms with Crippen LogP contribution in [0.2, 0.25) is 0 Å². The Morgan fingerprint density at radius 1 is 1.05 bits per heavy atom. The van der Waals surface area contributed by atoms with Crippen LogP contribution in [0.4, 0.5) is 4.79 Å². The maximum Gasteiger partial charge on any atom is 0.408 e. The molecule has 0 bridgehead atoms. The number of nitrogens with zero attached hydrogens (tertiary/aromatic N) is 1. The summed E-state index contributed by atoms with van der Waals surface area (Å²) in [7, 11) is 0. The lowest BCUT2D eigenvalue weighted by atomic mass is 9.94. The van der Waals surface area contributed by atoms with Gasteiger partial charge in [0, 0.05) is 18.5 Å². The zero-order chi connectivity index (χ0) is 29.7. The van der Waals surface area contributed by atoms with Crippen molar-refractivity contribution in [3.8, 4) is 5.75 Å². The smallest absolute Gasteiger partial charge is 0.408 e. The number of alkyl carbamates (subject to hydrolysis) is 1. The zero-order valence-corrected chi connectivity index (χ0v) is 25.0. The first-order valence-electron chi connectivity index (χ1n) is 14.9. The van der Waals surface area contributed by atoms with Crippen LogP contribution < -0.4 is 10.6 Å². The second-order valence-electron chi connectivity index (χ2n) is 12.7. The predicted molar refractivity (Wildman–Crippen MR) is 158 cm³/mol. The first-order valence-corrected chi connectivity index (χ1v) is 14.9. The van der Waals surface area contributed by atoms with Crippen molar-refractivity contribution in [2.24, 2.45) is 5.92 Å². The van der Waals surface area contributed by atoms with Crippen LogP contribution in [0.25, 0.3) is 0 Å². The van der Waals surface area contributed by atoms with Crippen molar-refractivity contribution in [3.63, 3.8) is 0 Å². The highest BCUT2D eigenvalue weighted by Crippen LogP contribution is 2.41. The van der Waals surface area contributed by atoms with E-state index in [1.165, 1.54) is 0 Å². The molecule has 8 heteroatoms. The van der Waals surface area contributed by atoms with E-state index >= 15 is 0 Å². The van der Waals surface area contributed by atoms with E-state index in [0.717, 1.165) is 44.1 Å². The van der Waals surface area contributed by atoms with Crippen molar-refractivity contribution >= 4 is 17.9 Å². The Morgan fingerprint density at radius 3 is 2.29 bits per heavy atom. The van der Waals surface area contributed by atoms with E-state index < -0.39 is 23.8 Å². The van der Waals surface area contributed by atoms with Gasteiger partial charge in [-0.05, 0) is 81.7 Å². The maximum absolute atomic E-state index is 14.6. The van der Waals surface area contributed by atoms with Gasteiger partial charge in [-0.1, -0.05) is 62.6 Å². The van der Waals surface area contributed by atoms with Crippen molar-refractivity contribution in [2.75, 3.05) is 0 Å². The number of carbonyl (C=O) groups is 3. The SMILES string of the molecule is Cc1cc(C(C(=O)NC2CCCCC2)N(C(=O)C(Cc2ccccc2)NC(=O)OC(C)(C)C)C2CC2C)ccc1O. The first-order chi connectivity index (χ1) is 19.4. The number of hydrogen-bond donors (Lipinski definition) is 3. The highest BCUT2D eigenvalue weighted by atomic mass is 16.6. The summed E-state index contributed by atoms with van der Waals surface area (Å²) in [6, 6.07) is 12.6. The monoisotopic (exact) mass is 563 g/mol. The van der Waals surface area contributed by atoms with Crippen LogP contribution >= 0.6 is 0 Å². The molecule has 0 aromatic heterocycles. The quantitative estimate of drug-likeness (QED) is 0.370. The number of hydrogen-bond acceptors (Lipinski definition) is 5. The number of rotatable bonds is 9. The predicted octanol–water partition coefficient (Wildman–Crippen LogP) is 5.56. The van der Waals surface area contributed by atoms with Crippen LogP contribution in [-0.4, -0.2) is 51.6 Å². The number of amides is 3. The summed E-state index contributed by atoms with van der Waals surface area (Å²) in [5.74, 6) is -0.221. The molecule has 4 rings (SSSR count). The van der Waals surface area contributed by atoms with Crippen molar-refractivity contribution < 1.29 is 24.2 Å². The number of phenols is 1. The molecule has 0 aliphatic heterocycles. The average molecular weight is 564 g/mol. The van der Waals surface area contributed by atoms with Gasteiger partial charge in [0.15, 0.2) is 0 Å². The molecule has 0 spiro atoms. The van der Waals surface area contributed by atoms with Gasteiger partial charge >= 0.3 is 6.09 Å². The van der Waals surface area contributed by atoms with Crippen LogP contribution in [0.15, 0.2) is 48.5 Å². The molecule has 2 saturated carbocycles. The third-order valence-electron chi connectivity index (χ3n) is 7.97. The minimum absolute atomic E-state index is 0.0607. The standard InChI is InChI=1S/C33H45N3O5/c1-21-19-27(21)36(31(39)26(20-23-12-8-6-9-13-23)35-32(40)41-33(3,4)5)29(24-16-17-28(37)22(2)18-24)30(38)34-25-14-10-7-11-15-25/h6,8-9,12-13,16-18,21,25-27,29,37H,7,10-11,14-15,19-20H2,1-5H3,(H,34,38)(H,35,40). The maximum atomic E-state index is 14.6.